The average Bonchev–Trinajstić information content (AvgIpc) is 2.93. The summed E-state index contributed by atoms with van der Waals surface area (Å²) in [5.74, 6) is 6.24. The molecule has 7 nitrogen and oxygen atoms in total. The van der Waals surface area contributed by atoms with Crippen LogP contribution in [0.5, 0.6) is 11.5 Å². The lowest BCUT2D eigenvalue weighted by Gasteiger charge is -2.10. The smallest absolute Gasteiger partial charge is 0.343 e. The SMILES string of the molecule is C=C(C)C(=O)OCCOCCOc1ccc(C(=O)Oc2ccc(C#Cc3ccc(C#N)cc3)cc2C)cc1. The standard InChI is InChI=1S/C31H27NO6/c1-22(2)30(33)37-19-17-35-16-18-36-28-13-11-27(12-14-28)31(34)38-29-15-10-25(20-23(29)3)7-4-24-5-8-26(21-32)9-6-24/h5-6,8-15,20H,1,16-19H2,2-3H3. The second-order valence-corrected chi connectivity index (χ2v) is 8.21. The molecule has 0 saturated heterocycles. The molecule has 0 fully saturated rings. The van der Waals surface area contributed by atoms with E-state index < -0.39 is 11.9 Å². The Morgan fingerprint density at radius 2 is 1.47 bits per heavy atom. The Balaban J connectivity index is 1.45. The summed E-state index contributed by atoms with van der Waals surface area (Å²) in [4.78, 5) is 23.9. The molecule has 192 valence electrons. The van der Waals surface area contributed by atoms with Crippen molar-refractivity contribution in [2.75, 3.05) is 26.4 Å². The third-order valence-corrected chi connectivity index (χ3v) is 5.14. The van der Waals surface area contributed by atoms with Crippen molar-refractivity contribution in [3.05, 3.63) is 107 Å². The zero-order valence-corrected chi connectivity index (χ0v) is 21.3. The van der Waals surface area contributed by atoms with Crippen LogP contribution in [-0.4, -0.2) is 38.4 Å². The van der Waals surface area contributed by atoms with E-state index in [0.29, 0.717) is 41.4 Å². The highest BCUT2D eigenvalue weighted by Crippen LogP contribution is 2.21. The van der Waals surface area contributed by atoms with Crippen molar-refractivity contribution in [1.82, 2.24) is 0 Å². The summed E-state index contributed by atoms with van der Waals surface area (Å²) in [6.45, 7) is 7.97. The summed E-state index contributed by atoms with van der Waals surface area (Å²) < 4.78 is 21.4. The fourth-order valence-corrected chi connectivity index (χ4v) is 3.10. The molecule has 3 rings (SSSR count). The zero-order valence-electron chi connectivity index (χ0n) is 21.3. The molecule has 0 spiro atoms. The van der Waals surface area contributed by atoms with Crippen LogP contribution in [0.4, 0.5) is 0 Å². The summed E-state index contributed by atoms with van der Waals surface area (Å²) in [5.41, 5.74) is 3.68. The van der Waals surface area contributed by atoms with Gasteiger partial charge in [-0.05, 0) is 86.1 Å². The quantitative estimate of drug-likeness (QED) is 0.125. The Labute approximate surface area is 222 Å². The molecule has 0 aliphatic rings. The van der Waals surface area contributed by atoms with E-state index >= 15 is 0 Å². The Morgan fingerprint density at radius 1 is 0.842 bits per heavy atom. The first-order valence-corrected chi connectivity index (χ1v) is 11.8. The van der Waals surface area contributed by atoms with E-state index in [1.165, 1.54) is 0 Å². The van der Waals surface area contributed by atoms with Gasteiger partial charge in [0.2, 0.25) is 0 Å². The van der Waals surface area contributed by atoms with Gasteiger partial charge in [-0.2, -0.15) is 5.26 Å². The minimum Gasteiger partial charge on any atom is -0.491 e. The number of hydrogen-bond acceptors (Lipinski definition) is 7. The Kier molecular flexibility index (Phi) is 10.2. The first kappa shape index (κ1) is 27.7. The first-order valence-electron chi connectivity index (χ1n) is 11.8. The normalized spacial score (nSPS) is 9.92. The van der Waals surface area contributed by atoms with Crippen LogP contribution < -0.4 is 9.47 Å². The molecule has 0 unspecified atom stereocenters. The predicted molar refractivity (Wildman–Crippen MR) is 142 cm³/mol. The van der Waals surface area contributed by atoms with Gasteiger partial charge in [-0.1, -0.05) is 18.4 Å². The second kappa shape index (κ2) is 14.0. The van der Waals surface area contributed by atoms with Gasteiger partial charge in [-0.15, -0.1) is 0 Å². The molecule has 0 aliphatic heterocycles. The summed E-state index contributed by atoms with van der Waals surface area (Å²) in [5, 5.41) is 8.88. The number of carbonyl (C=O) groups excluding carboxylic acids is 2. The number of aryl methyl sites for hydroxylation is 1. The zero-order chi connectivity index (χ0) is 27.3. The van der Waals surface area contributed by atoms with Crippen molar-refractivity contribution >= 4 is 11.9 Å². The van der Waals surface area contributed by atoms with E-state index in [-0.39, 0.29) is 13.2 Å². The van der Waals surface area contributed by atoms with E-state index in [1.807, 2.05) is 13.0 Å². The highest BCUT2D eigenvalue weighted by Gasteiger charge is 2.11. The topological polar surface area (TPSA) is 94.8 Å². The molecule has 0 N–H and O–H groups in total. The molecule has 7 heteroatoms. The maximum Gasteiger partial charge on any atom is 0.343 e. The number of ether oxygens (including phenoxy) is 4. The lowest BCUT2D eigenvalue weighted by atomic mass is 10.1. The summed E-state index contributed by atoms with van der Waals surface area (Å²) >= 11 is 0. The van der Waals surface area contributed by atoms with E-state index in [0.717, 1.165) is 16.7 Å². The fourth-order valence-electron chi connectivity index (χ4n) is 3.10. The molecule has 0 saturated carbocycles. The monoisotopic (exact) mass is 509 g/mol. The molecule has 0 atom stereocenters. The Morgan fingerprint density at radius 3 is 2.13 bits per heavy atom. The third-order valence-electron chi connectivity index (χ3n) is 5.14. The van der Waals surface area contributed by atoms with E-state index in [2.05, 4.69) is 24.5 Å². The van der Waals surface area contributed by atoms with Gasteiger partial charge >= 0.3 is 11.9 Å². The maximum absolute atomic E-state index is 12.6. The van der Waals surface area contributed by atoms with Crippen molar-refractivity contribution in [2.24, 2.45) is 0 Å². The van der Waals surface area contributed by atoms with Gasteiger partial charge in [0, 0.05) is 16.7 Å². The number of nitrogens with zero attached hydrogens (tertiary/aromatic N) is 1. The summed E-state index contributed by atoms with van der Waals surface area (Å²) in [7, 11) is 0. The number of nitriles is 1. The maximum atomic E-state index is 12.6. The van der Waals surface area contributed by atoms with E-state index in [9.17, 15) is 9.59 Å². The predicted octanol–water partition coefficient (Wildman–Crippen LogP) is 5.00. The Bertz CT molecular complexity index is 1390. The molecule has 0 aromatic heterocycles. The van der Waals surface area contributed by atoms with Crippen LogP contribution in [0, 0.1) is 30.1 Å². The number of esters is 2. The highest BCUT2D eigenvalue weighted by atomic mass is 16.6. The van der Waals surface area contributed by atoms with Crippen LogP contribution in [0.25, 0.3) is 0 Å². The van der Waals surface area contributed by atoms with Crippen molar-refractivity contribution in [2.45, 2.75) is 13.8 Å². The summed E-state index contributed by atoms with van der Waals surface area (Å²) in [6.07, 6.45) is 0. The van der Waals surface area contributed by atoms with Gasteiger partial charge in [0.1, 0.15) is 24.7 Å². The minimum absolute atomic E-state index is 0.150. The first-order chi connectivity index (χ1) is 18.4. The molecule has 0 radical (unpaired) electrons. The molecule has 0 bridgehead atoms. The number of hydrogen-bond donors (Lipinski definition) is 0. The van der Waals surface area contributed by atoms with Gasteiger partial charge in [0.05, 0.1) is 30.4 Å². The average molecular weight is 510 g/mol. The Hall–Kier alpha value is -4.85. The molecule has 0 amide bonds. The molecule has 0 aliphatic carbocycles. The van der Waals surface area contributed by atoms with Gasteiger partial charge in [-0.3, -0.25) is 0 Å². The van der Waals surface area contributed by atoms with Gasteiger partial charge < -0.3 is 18.9 Å². The van der Waals surface area contributed by atoms with Crippen LogP contribution in [0.1, 0.15) is 39.5 Å². The van der Waals surface area contributed by atoms with E-state index in [4.69, 9.17) is 24.2 Å². The second-order valence-electron chi connectivity index (χ2n) is 8.21. The molecular formula is C31H27NO6. The molecule has 38 heavy (non-hydrogen) atoms. The van der Waals surface area contributed by atoms with Gasteiger partial charge in [0.25, 0.3) is 0 Å². The lowest BCUT2D eigenvalue weighted by molar-refractivity contribution is -0.140. The fraction of sp³-hybridized carbons (Fsp3) is 0.194. The van der Waals surface area contributed by atoms with Crippen LogP contribution in [0.15, 0.2) is 78.9 Å². The lowest BCUT2D eigenvalue weighted by Crippen LogP contribution is -2.14. The van der Waals surface area contributed by atoms with Crippen molar-refractivity contribution in [3.8, 4) is 29.4 Å². The molecule has 3 aromatic carbocycles. The van der Waals surface area contributed by atoms with Gasteiger partial charge in [0.15, 0.2) is 0 Å². The van der Waals surface area contributed by atoms with Crippen molar-refractivity contribution < 1.29 is 28.5 Å². The van der Waals surface area contributed by atoms with Crippen molar-refractivity contribution in [1.29, 1.82) is 5.26 Å². The molecular weight excluding hydrogens is 482 g/mol. The van der Waals surface area contributed by atoms with Crippen LogP contribution in [0.2, 0.25) is 0 Å². The van der Waals surface area contributed by atoms with Crippen LogP contribution in [0.3, 0.4) is 0 Å². The number of carbonyl (C=O) groups is 2. The van der Waals surface area contributed by atoms with Crippen LogP contribution in [-0.2, 0) is 14.3 Å². The molecule has 3 aromatic rings. The van der Waals surface area contributed by atoms with Crippen LogP contribution >= 0.6 is 0 Å². The summed E-state index contributed by atoms with van der Waals surface area (Å²) in [6, 6.07) is 21.1. The minimum atomic E-state index is -0.483. The van der Waals surface area contributed by atoms with Crippen molar-refractivity contribution in [3.63, 3.8) is 0 Å². The largest absolute Gasteiger partial charge is 0.491 e. The van der Waals surface area contributed by atoms with E-state index in [1.54, 1.807) is 67.6 Å². The molecule has 0 heterocycles. The number of benzene rings is 3. The third kappa shape index (κ3) is 8.67. The van der Waals surface area contributed by atoms with Gasteiger partial charge in [-0.25, -0.2) is 9.59 Å². The highest BCUT2D eigenvalue weighted by molar-refractivity contribution is 5.91. The number of rotatable bonds is 10.